The molecule has 0 fully saturated rings. The van der Waals surface area contributed by atoms with Gasteiger partial charge in [0.2, 0.25) is 0 Å². The number of nitrogens with zero attached hydrogens (tertiary/aromatic N) is 6. The molecule has 132 valence electrons. The molecule has 1 aromatic carbocycles. The summed E-state index contributed by atoms with van der Waals surface area (Å²) in [5, 5.41) is 14.3. The van der Waals surface area contributed by atoms with Crippen LogP contribution in [-0.2, 0) is 14.1 Å². The monoisotopic (exact) mass is 366 g/mol. The lowest BCUT2D eigenvalue weighted by atomic mass is 10.1. The molecular formula is C19H19ClN6. The van der Waals surface area contributed by atoms with Gasteiger partial charge in [0.15, 0.2) is 0 Å². The van der Waals surface area contributed by atoms with Gasteiger partial charge in [0.05, 0.1) is 29.5 Å². The van der Waals surface area contributed by atoms with Crippen molar-refractivity contribution in [1.82, 2.24) is 29.3 Å². The third-order valence-electron chi connectivity index (χ3n) is 4.80. The van der Waals surface area contributed by atoms with Gasteiger partial charge in [-0.05, 0) is 44.2 Å². The smallest absolute Gasteiger partial charge is 0.0968 e. The van der Waals surface area contributed by atoms with Crippen molar-refractivity contribution in [3.63, 3.8) is 0 Å². The third-order valence-corrected chi connectivity index (χ3v) is 5.05. The molecule has 0 N–H and O–H groups in total. The molecule has 0 atom stereocenters. The maximum absolute atomic E-state index is 6.06. The summed E-state index contributed by atoms with van der Waals surface area (Å²) in [7, 11) is 3.87. The molecule has 4 rings (SSSR count). The molecule has 0 aliphatic carbocycles. The zero-order valence-corrected chi connectivity index (χ0v) is 15.9. The zero-order valence-electron chi connectivity index (χ0n) is 15.1. The van der Waals surface area contributed by atoms with E-state index in [1.807, 2.05) is 71.7 Å². The second-order valence-electron chi connectivity index (χ2n) is 6.34. The van der Waals surface area contributed by atoms with E-state index in [2.05, 4.69) is 23.2 Å². The van der Waals surface area contributed by atoms with Crippen LogP contribution in [0.1, 0.15) is 11.4 Å². The van der Waals surface area contributed by atoms with Crippen molar-refractivity contribution in [3.05, 3.63) is 59.1 Å². The lowest BCUT2D eigenvalue weighted by molar-refractivity contribution is 0.740. The number of aryl methyl sites for hydroxylation is 2. The Labute approximate surface area is 156 Å². The molecule has 0 radical (unpaired) electrons. The number of rotatable bonds is 3. The molecule has 7 heteroatoms. The van der Waals surface area contributed by atoms with Crippen LogP contribution in [-0.4, -0.2) is 29.3 Å². The van der Waals surface area contributed by atoms with Crippen LogP contribution in [0.2, 0.25) is 5.02 Å². The number of benzene rings is 1. The normalized spacial score (nSPS) is 11.3. The number of halogens is 1. The highest BCUT2D eigenvalue weighted by Crippen LogP contribution is 2.31. The summed E-state index contributed by atoms with van der Waals surface area (Å²) in [6, 6.07) is 9.75. The van der Waals surface area contributed by atoms with E-state index in [0.29, 0.717) is 5.02 Å². The van der Waals surface area contributed by atoms with Crippen molar-refractivity contribution >= 4 is 11.6 Å². The van der Waals surface area contributed by atoms with Crippen LogP contribution in [0.4, 0.5) is 0 Å². The first-order valence-corrected chi connectivity index (χ1v) is 8.67. The summed E-state index contributed by atoms with van der Waals surface area (Å²) in [4.78, 5) is 0. The highest BCUT2D eigenvalue weighted by molar-refractivity contribution is 6.30. The van der Waals surface area contributed by atoms with Gasteiger partial charge < -0.3 is 0 Å². The molecule has 0 aliphatic rings. The lowest BCUT2D eigenvalue weighted by Crippen LogP contribution is -2.00. The summed E-state index contributed by atoms with van der Waals surface area (Å²) < 4.78 is 5.65. The minimum Gasteiger partial charge on any atom is -0.272 e. The molecule has 3 heterocycles. The van der Waals surface area contributed by atoms with Gasteiger partial charge in [0, 0.05) is 41.6 Å². The second-order valence-corrected chi connectivity index (χ2v) is 6.77. The van der Waals surface area contributed by atoms with Crippen molar-refractivity contribution in [2.24, 2.45) is 14.1 Å². The van der Waals surface area contributed by atoms with Gasteiger partial charge in [0.1, 0.15) is 0 Å². The van der Waals surface area contributed by atoms with Crippen molar-refractivity contribution in [1.29, 1.82) is 0 Å². The Morgan fingerprint density at radius 3 is 1.96 bits per heavy atom. The quantitative estimate of drug-likeness (QED) is 0.551. The Morgan fingerprint density at radius 1 is 0.846 bits per heavy atom. The van der Waals surface area contributed by atoms with Gasteiger partial charge >= 0.3 is 0 Å². The van der Waals surface area contributed by atoms with Crippen LogP contribution < -0.4 is 0 Å². The highest BCUT2D eigenvalue weighted by atomic mass is 35.5. The highest BCUT2D eigenvalue weighted by Gasteiger charge is 2.18. The molecular weight excluding hydrogens is 348 g/mol. The van der Waals surface area contributed by atoms with Crippen LogP contribution >= 0.6 is 11.6 Å². The van der Waals surface area contributed by atoms with E-state index in [-0.39, 0.29) is 0 Å². The molecule has 26 heavy (non-hydrogen) atoms. The minimum atomic E-state index is 0.698. The maximum atomic E-state index is 6.06. The molecule has 0 amide bonds. The van der Waals surface area contributed by atoms with Gasteiger partial charge in [-0.2, -0.15) is 15.3 Å². The standard InChI is InChI=1S/C19H19ClN6/c1-12-16(10-21-24(12)3)18-9-19(17-11-22-25(4)13(17)2)26(23-18)15-7-5-14(20)6-8-15/h5-11H,1-4H3. The van der Waals surface area contributed by atoms with E-state index in [1.165, 1.54) is 0 Å². The molecule has 0 aliphatic heterocycles. The van der Waals surface area contributed by atoms with E-state index in [4.69, 9.17) is 16.7 Å². The molecule has 0 saturated carbocycles. The molecule has 0 saturated heterocycles. The molecule has 0 unspecified atom stereocenters. The molecule has 0 bridgehead atoms. The number of hydrogen-bond acceptors (Lipinski definition) is 3. The van der Waals surface area contributed by atoms with Crippen LogP contribution in [0.25, 0.3) is 28.2 Å². The Kier molecular flexibility index (Phi) is 3.92. The summed E-state index contributed by atoms with van der Waals surface area (Å²) in [6.45, 7) is 4.09. The van der Waals surface area contributed by atoms with E-state index >= 15 is 0 Å². The Morgan fingerprint density at radius 2 is 1.42 bits per heavy atom. The van der Waals surface area contributed by atoms with Crippen molar-refractivity contribution in [2.75, 3.05) is 0 Å². The average molecular weight is 367 g/mol. The first kappa shape index (κ1) is 16.6. The minimum absolute atomic E-state index is 0.698. The van der Waals surface area contributed by atoms with E-state index in [1.54, 1.807) is 0 Å². The number of aromatic nitrogens is 6. The van der Waals surface area contributed by atoms with Gasteiger partial charge in [-0.15, -0.1) is 0 Å². The lowest BCUT2D eigenvalue weighted by Gasteiger charge is -2.07. The van der Waals surface area contributed by atoms with Crippen molar-refractivity contribution < 1.29 is 0 Å². The summed E-state index contributed by atoms with van der Waals surface area (Å²) in [6.07, 6.45) is 3.72. The van der Waals surface area contributed by atoms with Gasteiger partial charge in [-0.25, -0.2) is 4.68 Å². The Balaban J connectivity index is 1.95. The van der Waals surface area contributed by atoms with E-state index in [9.17, 15) is 0 Å². The molecule has 0 spiro atoms. The van der Waals surface area contributed by atoms with Crippen molar-refractivity contribution in [2.45, 2.75) is 13.8 Å². The zero-order chi connectivity index (χ0) is 18.4. The summed E-state index contributed by atoms with van der Waals surface area (Å²) in [5.74, 6) is 0. The second kappa shape index (κ2) is 6.14. The van der Waals surface area contributed by atoms with Crippen LogP contribution in [0, 0.1) is 13.8 Å². The van der Waals surface area contributed by atoms with E-state index in [0.717, 1.165) is 39.6 Å². The fraction of sp³-hybridized carbons (Fsp3) is 0.211. The predicted octanol–water partition coefficient (Wildman–Crippen LogP) is 3.94. The van der Waals surface area contributed by atoms with Crippen LogP contribution in [0.15, 0.2) is 42.7 Å². The van der Waals surface area contributed by atoms with Gasteiger partial charge in [0.25, 0.3) is 0 Å². The first-order valence-electron chi connectivity index (χ1n) is 8.29. The maximum Gasteiger partial charge on any atom is 0.0968 e. The Bertz CT molecular complexity index is 1080. The first-order chi connectivity index (χ1) is 12.5. The Hall–Kier alpha value is -2.86. The predicted molar refractivity (Wildman–Crippen MR) is 102 cm³/mol. The fourth-order valence-corrected chi connectivity index (χ4v) is 3.11. The molecule has 3 aromatic heterocycles. The van der Waals surface area contributed by atoms with Gasteiger partial charge in [-0.1, -0.05) is 11.6 Å². The van der Waals surface area contributed by atoms with Crippen LogP contribution in [0.5, 0.6) is 0 Å². The van der Waals surface area contributed by atoms with Crippen molar-refractivity contribution in [3.8, 4) is 28.2 Å². The molecule has 6 nitrogen and oxygen atoms in total. The third kappa shape index (κ3) is 2.63. The fourth-order valence-electron chi connectivity index (χ4n) is 2.98. The van der Waals surface area contributed by atoms with Crippen LogP contribution in [0.3, 0.4) is 0 Å². The average Bonchev–Trinajstić information content (AvgIpc) is 3.29. The topological polar surface area (TPSA) is 53.5 Å². The summed E-state index contributed by atoms with van der Waals surface area (Å²) >= 11 is 6.06. The molecule has 4 aromatic rings. The number of hydrogen-bond donors (Lipinski definition) is 0. The van der Waals surface area contributed by atoms with E-state index < -0.39 is 0 Å². The largest absolute Gasteiger partial charge is 0.272 e. The SMILES string of the molecule is Cc1c(-c2cc(-c3cnn(C)c3C)n(-c3ccc(Cl)cc3)n2)cnn1C. The summed E-state index contributed by atoms with van der Waals surface area (Å²) in [5.41, 5.74) is 7.01. The van der Waals surface area contributed by atoms with Gasteiger partial charge in [-0.3, -0.25) is 9.36 Å².